The molecule has 7 heteroatoms. The Morgan fingerprint density at radius 3 is 2.61 bits per heavy atom. The minimum atomic E-state index is 0. The predicted molar refractivity (Wildman–Crippen MR) is 96.2 cm³/mol. The van der Waals surface area contributed by atoms with E-state index < -0.39 is 0 Å². The molecule has 0 aromatic carbocycles. The number of hydrogen-bond acceptors (Lipinski definition) is 5. The van der Waals surface area contributed by atoms with Crippen molar-refractivity contribution >= 4 is 29.7 Å². The fourth-order valence-electron chi connectivity index (χ4n) is 3.27. The molecule has 1 amide bonds. The van der Waals surface area contributed by atoms with Crippen LogP contribution in [0.2, 0.25) is 0 Å². The number of rotatable bonds is 4. The third-order valence-electron chi connectivity index (χ3n) is 4.66. The van der Waals surface area contributed by atoms with Gasteiger partial charge in [-0.05, 0) is 32.4 Å². The standard InChI is InChI=1S/C16H26N4OS.ClH/c1-2-15-18-14(12-22-15)11-19-7-9-20(10-8-19)16(21)13-3-5-17-6-4-13;/h12-13,17H,2-11H2,1H3;1H. The van der Waals surface area contributed by atoms with Crippen LogP contribution < -0.4 is 5.32 Å². The summed E-state index contributed by atoms with van der Waals surface area (Å²) in [6, 6.07) is 0. The molecule has 23 heavy (non-hydrogen) atoms. The number of halogens is 1. The summed E-state index contributed by atoms with van der Waals surface area (Å²) >= 11 is 1.75. The van der Waals surface area contributed by atoms with E-state index >= 15 is 0 Å². The lowest BCUT2D eigenvalue weighted by atomic mass is 9.96. The van der Waals surface area contributed by atoms with E-state index in [9.17, 15) is 4.79 Å². The molecule has 3 rings (SSSR count). The third kappa shape index (κ3) is 4.89. The SMILES string of the molecule is CCc1nc(CN2CCN(C(=O)C3CCNCC3)CC2)cs1.Cl. The molecule has 5 nitrogen and oxygen atoms in total. The van der Waals surface area contributed by atoms with Gasteiger partial charge < -0.3 is 10.2 Å². The first kappa shape index (κ1) is 18.6. The summed E-state index contributed by atoms with van der Waals surface area (Å²) in [6.45, 7) is 8.71. The molecular formula is C16H27ClN4OS. The largest absolute Gasteiger partial charge is 0.340 e. The van der Waals surface area contributed by atoms with E-state index in [0.29, 0.717) is 5.91 Å². The van der Waals surface area contributed by atoms with Gasteiger partial charge in [0.2, 0.25) is 5.91 Å². The second-order valence-electron chi connectivity index (χ2n) is 6.21. The number of carbonyl (C=O) groups is 1. The number of nitrogens with one attached hydrogen (secondary N) is 1. The van der Waals surface area contributed by atoms with E-state index in [0.717, 1.165) is 65.1 Å². The summed E-state index contributed by atoms with van der Waals surface area (Å²) < 4.78 is 0. The summed E-state index contributed by atoms with van der Waals surface area (Å²) in [4.78, 5) is 21.7. The number of carbonyl (C=O) groups excluding carboxylic acids is 1. The summed E-state index contributed by atoms with van der Waals surface area (Å²) in [5.41, 5.74) is 1.18. The Balaban J connectivity index is 0.00000192. The minimum absolute atomic E-state index is 0. The molecule has 0 atom stereocenters. The van der Waals surface area contributed by atoms with Crippen molar-refractivity contribution in [3.8, 4) is 0 Å². The Morgan fingerprint density at radius 1 is 1.30 bits per heavy atom. The number of nitrogens with zero attached hydrogens (tertiary/aromatic N) is 3. The molecule has 2 aliphatic heterocycles. The van der Waals surface area contributed by atoms with E-state index in [1.54, 1.807) is 11.3 Å². The van der Waals surface area contributed by atoms with Crippen LogP contribution in [0.25, 0.3) is 0 Å². The molecule has 0 aliphatic carbocycles. The number of hydrogen-bond donors (Lipinski definition) is 1. The van der Waals surface area contributed by atoms with Crippen molar-refractivity contribution in [1.82, 2.24) is 20.1 Å². The number of aromatic nitrogens is 1. The maximum absolute atomic E-state index is 12.5. The monoisotopic (exact) mass is 358 g/mol. The Kier molecular flexibility index (Phi) is 7.27. The molecule has 0 saturated carbocycles. The zero-order valence-electron chi connectivity index (χ0n) is 13.8. The highest BCUT2D eigenvalue weighted by Gasteiger charge is 2.28. The van der Waals surface area contributed by atoms with Gasteiger partial charge in [-0.1, -0.05) is 6.92 Å². The van der Waals surface area contributed by atoms with E-state index in [2.05, 4.69) is 32.4 Å². The van der Waals surface area contributed by atoms with Gasteiger partial charge in [-0.15, -0.1) is 23.7 Å². The van der Waals surface area contributed by atoms with Crippen LogP contribution >= 0.6 is 23.7 Å². The van der Waals surface area contributed by atoms with Crippen LogP contribution in [0.4, 0.5) is 0 Å². The quantitative estimate of drug-likeness (QED) is 0.891. The summed E-state index contributed by atoms with van der Waals surface area (Å²) in [6.07, 6.45) is 3.01. The second-order valence-corrected chi connectivity index (χ2v) is 7.15. The van der Waals surface area contributed by atoms with Gasteiger partial charge >= 0.3 is 0 Å². The van der Waals surface area contributed by atoms with Crippen LogP contribution in [0, 0.1) is 5.92 Å². The minimum Gasteiger partial charge on any atom is -0.340 e. The number of amides is 1. The van der Waals surface area contributed by atoms with Crippen LogP contribution in [0.5, 0.6) is 0 Å². The normalized spacial score (nSPS) is 20.3. The number of piperazine rings is 1. The lowest BCUT2D eigenvalue weighted by Crippen LogP contribution is -2.51. The highest BCUT2D eigenvalue weighted by Crippen LogP contribution is 2.18. The first-order valence-corrected chi connectivity index (χ1v) is 9.29. The topological polar surface area (TPSA) is 48.5 Å². The van der Waals surface area contributed by atoms with E-state index in [1.807, 2.05) is 0 Å². The van der Waals surface area contributed by atoms with Gasteiger partial charge in [-0.3, -0.25) is 9.69 Å². The first-order chi connectivity index (χ1) is 10.8. The fourth-order valence-corrected chi connectivity index (χ4v) is 4.00. The molecular weight excluding hydrogens is 332 g/mol. The van der Waals surface area contributed by atoms with Gasteiger partial charge in [0, 0.05) is 44.0 Å². The Bertz CT molecular complexity index is 496. The Morgan fingerprint density at radius 2 is 2.00 bits per heavy atom. The third-order valence-corrected chi connectivity index (χ3v) is 5.70. The summed E-state index contributed by atoms with van der Waals surface area (Å²) in [5, 5.41) is 6.72. The molecule has 0 radical (unpaired) electrons. The molecule has 1 aromatic rings. The van der Waals surface area contributed by atoms with Crippen molar-refractivity contribution in [3.63, 3.8) is 0 Å². The molecule has 0 spiro atoms. The molecule has 1 aromatic heterocycles. The maximum Gasteiger partial charge on any atom is 0.225 e. The number of aryl methyl sites for hydroxylation is 1. The van der Waals surface area contributed by atoms with E-state index in [-0.39, 0.29) is 18.3 Å². The highest BCUT2D eigenvalue weighted by molar-refractivity contribution is 7.09. The molecule has 2 aliphatic rings. The summed E-state index contributed by atoms with van der Waals surface area (Å²) in [7, 11) is 0. The van der Waals surface area contributed by atoms with Gasteiger partial charge in [-0.25, -0.2) is 4.98 Å². The Hall–Kier alpha value is -0.690. The molecule has 0 unspecified atom stereocenters. The van der Waals surface area contributed by atoms with Gasteiger partial charge in [-0.2, -0.15) is 0 Å². The molecule has 1 N–H and O–H groups in total. The van der Waals surface area contributed by atoms with Crippen molar-refractivity contribution in [2.75, 3.05) is 39.3 Å². The van der Waals surface area contributed by atoms with Crippen molar-refractivity contribution in [2.24, 2.45) is 5.92 Å². The first-order valence-electron chi connectivity index (χ1n) is 8.41. The van der Waals surface area contributed by atoms with Crippen LogP contribution in [0.3, 0.4) is 0 Å². The van der Waals surface area contributed by atoms with Crippen LogP contribution in [-0.2, 0) is 17.8 Å². The van der Waals surface area contributed by atoms with Gasteiger partial charge in [0.1, 0.15) is 0 Å². The highest BCUT2D eigenvalue weighted by atomic mass is 35.5. The van der Waals surface area contributed by atoms with Crippen LogP contribution in [0.15, 0.2) is 5.38 Å². The lowest BCUT2D eigenvalue weighted by molar-refractivity contribution is -0.138. The predicted octanol–water partition coefficient (Wildman–Crippen LogP) is 1.77. The Labute approximate surface area is 148 Å². The van der Waals surface area contributed by atoms with E-state index in [4.69, 9.17) is 0 Å². The average molecular weight is 359 g/mol. The number of thiazole rings is 1. The maximum atomic E-state index is 12.5. The van der Waals surface area contributed by atoms with Crippen molar-refractivity contribution < 1.29 is 4.79 Å². The zero-order valence-corrected chi connectivity index (χ0v) is 15.4. The molecule has 3 heterocycles. The number of piperidine rings is 1. The van der Waals surface area contributed by atoms with Crippen LogP contribution in [-0.4, -0.2) is 60.0 Å². The molecule has 2 saturated heterocycles. The van der Waals surface area contributed by atoms with E-state index in [1.165, 1.54) is 10.7 Å². The summed E-state index contributed by atoms with van der Waals surface area (Å²) in [5.74, 6) is 0.626. The smallest absolute Gasteiger partial charge is 0.225 e. The lowest BCUT2D eigenvalue weighted by Gasteiger charge is -2.37. The fraction of sp³-hybridized carbons (Fsp3) is 0.750. The van der Waals surface area contributed by atoms with Crippen molar-refractivity contribution in [3.05, 3.63) is 16.1 Å². The average Bonchev–Trinajstić information content (AvgIpc) is 3.03. The van der Waals surface area contributed by atoms with Crippen molar-refractivity contribution in [1.29, 1.82) is 0 Å². The van der Waals surface area contributed by atoms with Crippen LogP contribution in [0.1, 0.15) is 30.5 Å². The van der Waals surface area contributed by atoms with Gasteiger partial charge in [0.05, 0.1) is 10.7 Å². The molecule has 130 valence electrons. The zero-order chi connectivity index (χ0) is 15.4. The van der Waals surface area contributed by atoms with Crippen molar-refractivity contribution in [2.45, 2.75) is 32.7 Å². The molecule has 2 fully saturated rings. The van der Waals surface area contributed by atoms with Gasteiger partial charge in [0.25, 0.3) is 0 Å². The second kappa shape index (κ2) is 8.97. The van der Waals surface area contributed by atoms with Gasteiger partial charge in [0.15, 0.2) is 0 Å². The molecule has 0 bridgehead atoms.